The summed E-state index contributed by atoms with van der Waals surface area (Å²) < 4.78 is 1.68. The molecule has 1 aromatic carbocycles. The van der Waals surface area contributed by atoms with Crippen LogP contribution in [0.2, 0.25) is 5.02 Å². The molecule has 1 aromatic heterocycles. The van der Waals surface area contributed by atoms with Crippen LogP contribution >= 0.6 is 11.6 Å². The molecule has 16 heavy (non-hydrogen) atoms. The summed E-state index contributed by atoms with van der Waals surface area (Å²) in [5, 5.41) is 7.28. The van der Waals surface area contributed by atoms with Gasteiger partial charge in [-0.25, -0.2) is 9.89 Å². The Morgan fingerprint density at radius 1 is 1.44 bits per heavy atom. The van der Waals surface area contributed by atoms with Crippen molar-refractivity contribution >= 4 is 11.6 Å². The molecular weight excluding hydrogens is 226 g/mol. The smallest absolute Gasteiger partial charge is 0.278 e. The third-order valence-corrected chi connectivity index (χ3v) is 3.34. The van der Waals surface area contributed by atoms with Crippen molar-refractivity contribution in [2.24, 2.45) is 0 Å². The maximum absolute atomic E-state index is 11.5. The Kier molecular flexibility index (Phi) is 2.11. The number of aromatic amines is 1. The van der Waals surface area contributed by atoms with Gasteiger partial charge in [-0.15, -0.1) is 0 Å². The second-order valence-electron chi connectivity index (χ2n) is 3.90. The topological polar surface area (TPSA) is 50.7 Å². The number of benzene rings is 1. The van der Waals surface area contributed by atoms with Crippen molar-refractivity contribution in [2.45, 2.75) is 19.4 Å². The zero-order valence-corrected chi connectivity index (χ0v) is 9.29. The number of hydrogen-bond acceptors (Lipinski definition) is 2. The lowest BCUT2D eigenvalue weighted by molar-refractivity contribution is 0.659. The van der Waals surface area contributed by atoms with Gasteiger partial charge in [0.15, 0.2) is 0 Å². The van der Waals surface area contributed by atoms with Crippen LogP contribution in [-0.2, 0) is 19.4 Å². The molecule has 1 aliphatic heterocycles. The minimum Gasteiger partial charge on any atom is -0.278 e. The molecule has 1 N–H and O–H groups in total. The quantitative estimate of drug-likeness (QED) is 0.750. The van der Waals surface area contributed by atoms with Crippen molar-refractivity contribution in [3.63, 3.8) is 0 Å². The van der Waals surface area contributed by atoms with Crippen LogP contribution in [0.4, 0.5) is 0 Å². The molecule has 5 heteroatoms. The van der Waals surface area contributed by atoms with E-state index in [1.165, 1.54) is 0 Å². The van der Waals surface area contributed by atoms with E-state index in [0.717, 1.165) is 28.4 Å². The summed E-state index contributed by atoms with van der Waals surface area (Å²) in [7, 11) is 0. The van der Waals surface area contributed by atoms with E-state index in [-0.39, 0.29) is 5.69 Å². The maximum atomic E-state index is 11.5. The molecule has 0 radical (unpaired) electrons. The fraction of sp³-hybridized carbons (Fsp3) is 0.273. The average molecular weight is 236 g/mol. The molecule has 0 aliphatic carbocycles. The lowest BCUT2D eigenvalue weighted by Gasteiger charge is -2.05. The van der Waals surface area contributed by atoms with E-state index in [1.54, 1.807) is 4.57 Å². The van der Waals surface area contributed by atoms with Gasteiger partial charge in [0, 0.05) is 18.0 Å². The Bertz CT molecular complexity index is 600. The monoisotopic (exact) mass is 235 g/mol. The zero-order chi connectivity index (χ0) is 11.1. The van der Waals surface area contributed by atoms with Crippen molar-refractivity contribution in [1.29, 1.82) is 0 Å². The predicted octanol–water partition coefficient (Wildman–Crippen LogP) is 1.37. The summed E-state index contributed by atoms with van der Waals surface area (Å²) in [5.74, 6) is 0.783. The minimum absolute atomic E-state index is 0.140. The molecule has 2 aromatic rings. The first-order valence-electron chi connectivity index (χ1n) is 5.16. The summed E-state index contributed by atoms with van der Waals surface area (Å²) in [6, 6.07) is 5.86. The summed E-state index contributed by atoms with van der Waals surface area (Å²) >= 11 is 6.15. The standard InChI is InChI=1S/C11H10ClN3O/c12-9-3-1-2-7-6-10-13-14-11(16)15(10)5-4-8(7)9/h1-3H,4-6H2,(H,14,16). The van der Waals surface area contributed by atoms with Gasteiger partial charge in [-0.1, -0.05) is 23.7 Å². The van der Waals surface area contributed by atoms with Gasteiger partial charge in [-0.3, -0.25) is 4.57 Å². The first kappa shape index (κ1) is 9.66. The first-order chi connectivity index (χ1) is 7.75. The van der Waals surface area contributed by atoms with Gasteiger partial charge in [-0.2, -0.15) is 5.10 Å². The van der Waals surface area contributed by atoms with E-state index in [4.69, 9.17) is 11.6 Å². The first-order valence-corrected chi connectivity index (χ1v) is 5.54. The fourth-order valence-corrected chi connectivity index (χ4v) is 2.45. The predicted molar refractivity (Wildman–Crippen MR) is 60.8 cm³/mol. The highest BCUT2D eigenvalue weighted by atomic mass is 35.5. The Morgan fingerprint density at radius 2 is 2.31 bits per heavy atom. The Morgan fingerprint density at radius 3 is 3.19 bits per heavy atom. The number of nitrogens with one attached hydrogen (secondary N) is 1. The maximum Gasteiger partial charge on any atom is 0.343 e. The number of nitrogens with zero attached hydrogens (tertiary/aromatic N) is 2. The molecule has 0 fully saturated rings. The molecule has 0 atom stereocenters. The van der Waals surface area contributed by atoms with Crippen molar-refractivity contribution in [3.8, 4) is 0 Å². The molecule has 0 saturated carbocycles. The summed E-state index contributed by atoms with van der Waals surface area (Å²) in [4.78, 5) is 11.5. The van der Waals surface area contributed by atoms with Crippen LogP contribution in [0.25, 0.3) is 0 Å². The second-order valence-corrected chi connectivity index (χ2v) is 4.31. The Labute approximate surface area is 96.9 Å². The third kappa shape index (κ3) is 1.38. The molecule has 3 rings (SSSR count). The van der Waals surface area contributed by atoms with Crippen LogP contribution in [0.1, 0.15) is 17.0 Å². The Hall–Kier alpha value is -1.55. The fourth-order valence-electron chi connectivity index (χ4n) is 2.16. The lowest BCUT2D eigenvalue weighted by atomic mass is 10.0. The van der Waals surface area contributed by atoms with E-state index >= 15 is 0 Å². The molecule has 4 nitrogen and oxygen atoms in total. The molecule has 0 amide bonds. The Balaban J connectivity index is 2.15. The van der Waals surface area contributed by atoms with Crippen LogP contribution in [0, 0.1) is 0 Å². The summed E-state index contributed by atoms with van der Waals surface area (Å²) in [6.07, 6.45) is 1.44. The molecule has 0 bridgehead atoms. The highest BCUT2D eigenvalue weighted by Crippen LogP contribution is 2.24. The highest BCUT2D eigenvalue weighted by Gasteiger charge is 2.17. The van der Waals surface area contributed by atoms with Gasteiger partial charge in [0.1, 0.15) is 5.82 Å². The third-order valence-electron chi connectivity index (χ3n) is 2.99. The normalized spacial score (nSPS) is 14.1. The average Bonchev–Trinajstić information content (AvgIpc) is 2.50. The van der Waals surface area contributed by atoms with Crippen LogP contribution in [0.15, 0.2) is 23.0 Å². The molecule has 0 saturated heterocycles. The van der Waals surface area contributed by atoms with E-state index < -0.39 is 0 Å². The SMILES string of the molecule is O=c1[nH]nc2n1CCc1c(Cl)cccc1C2. The largest absolute Gasteiger partial charge is 0.343 e. The van der Waals surface area contributed by atoms with Gasteiger partial charge < -0.3 is 0 Å². The van der Waals surface area contributed by atoms with Crippen molar-refractivity contribution in [2.75, 3.05) is 0 Å². The van der Waals surface area contributed by atoms with Crippen molar-refractivity contribution in [3.05, 3.63) is 50.7 Å². The molecule has 0 spiro atoms. The van der Waals surface area contributed by atoms with Crippen LogP contribution in [0.5, 0.6) is 0 Å². The molecular formula is C11H10ClN3O. The summed E-state index contributed by atoms with van der Waals surface area (Å²) in [6.45, 7) is 0.640. The number of H-pyrrole nitrogens is 1. The van der Waals surface area contributed by atoms with Crippen LogP contribution in [-0.4, -0.2) is 14.8 Å². The zero-order valence-electron chi connectivity index (χ0n) is 8.53. The van der Waals surface area contributed by atoms with Gasteiger partial charge in [0.05, 0.1) is 0 Å². The van der Waals surface area contributed by atoms with Gasteiger partial charge in [-0.05, 0) is 23.6 Å². The summed E-state index contributed by atoms with van der Waals surface area (Å²) in [5.41, 5.74) is 2.15. The van der Waals surface area contributed by atoms with Gasteiger partial charge >= 0.3 is 5.69 Å². The number of aromatic nitrogens is 3. The van der Waals surface area contributed by atoms with Gasteiger partial charge in [0.2, 0.25) is 0 Å². The number of hydrogen-bond donors (Lipinski definition) is 1. The van der Waals surface area contributed by atoms with Crippen LogP contribution < -0.4 is 5.69 Å². The van der Waals surface area contributed by atoms with Crippen molar-refractivity contribution in [1.82, 2.24) is 14.8 Å². The number of rotatable bonds is 0. The van der Waals surface area contributed by atoms with E-state index in [1.807, 2.05) is 18.2 Å². The molecule has 0 unspecified atom stereocenters. The minimum atomic E-state index is -0.140. The van der Waals surface area contributed by atoms with E-state index in [2.05, 4.69) is 10.2 Å². The van der Waals surface area contributed by atoms with Crippen LogP contribution in [0.3, 0.4) is 0 Å². The van der Waals surface area contributed by atoms with Gasteiger partial charge in [0.25, 0.3) is 0 Å². The molecule has 82 valence electrons. The van der Waals surface area contributed by atoms with E-state index in [9.17, 15) is 4.79 Å². The van der Waals surface area contributed by atoms with E-state index in [0.29, 0.717) is 13.0 Å². The van der Waals surface area contributed by atoms with Crippen molar-refractivity contribution < 1.29 is 0 Å². The highest BCUT2D eigenvalue weighted by molar-refractivity contribution is 6.31. The number of halogens is 1. The second kappa shape index (κ2) is 3.49. The number of fused-ring (bicyclic) bond motifs is 2. The molecule has 1 aliphatic rings. The lowest BCUT2D eigenvalue weighted by Crippen LogP contribution is -2.18. The molecule has 2 heterocycles.